The highest BCUT2D eigenvalue weighted by Gasteiger charge is 2.21. The van der Waals surface area contributed by atoms with Crippen LogP contribution in [0.2, 0.25) is 0 Å². The molecule has 162 valence electrons. The van der Waals surface area contributed by atoms with Crippen molar-refractivity contribution in [3.63, 3.8) is 0 Å². The Morgan fingerprint density at radius 1 is 1.09 bits per heavy atom. The Hall–Kier alpha value is -4.41. The van der Waals surface area contributed by atoms with E-state index in [4.69, 9.17) is 4.52 Å². The summed E-state index contributed by atoms with van der Waals surface area (Å²) < 4.78 is 19.9. The number of halogens is 1. The molecular formula is C21H17FN6O4. The van der Waals surface area contributed by atoms with Gasteiger partial charge in [0.1, 0.15) is 5.82 Å². The van der Waals surface area contributed by atoms with Crippen molar-refractivity contribution in [2.24, 2.45) is 7.05 Å². The molecule has 0 spiro atoms. The highest BCUT2D eigenvalue weighted by Crippen LogP contribution is 2.11. The van der Waals surface area contributed by atoms with Gasteiger partial charge in [0.05, 0.1) is 5.69 Å². The normalized spacial score (nSPS) is 10.8. The maximum Gasteiger partial charge on any atom is 0.351 e. The van der Waals surface area contributed by atoms with Crippen LogP contribution < -0.4 is 16.6 Å². The minimum absolute atomic E-state index is 0.229. The topological polar surface area (TPSA) is 125 Å². The Morgan fingerprint density at radius 2 is 1.78 bits per heavy atom. The molecule has 11 heteroatoms. The summed E-state index contributed by atoms with van der Waals surface area (Å²) in [6, 6.07) is 12.6. The second-order valence-corrected chi connectivity index (χ2v) is 6.97. The van der Waals surface area contributed by atoms with Crippen LogP contribution in [0.3, 0.4) is 0 Å². The second kappa shape index (κ2) is 8.38. The summed E-state index contributed by atoms with van der Waals surface area (Å²) in [4.78, 5) is 41.3. The number of aromatic nitrogens is 5. The maximum atomic E-state index is 13.2. The van der Waals surface area contributed by atoms with E-state index >= 15 is 0 Å². The summed E-state index contributed by atoms with van der Waals surface area (Å²) in [5.74, 6) is -1.75. The van der Waals surface area contributed by atoms with Crippen molar-refractivity contribution < 1.29 is 13.7 Å². The first-order valence-corrected chi connectivity index (χ1v) is 9.47. The number of hydrogen-bond donors (Lipinski definition) is 1. The predicted octanol–water partition coefficient (Wildman–Crippen LogP) is 1.36. The lowest BCUT2D eigenvalue weighted by Gasteiger charge is -2.07. The molecule has 0 atom stereocenters. The van der Waals surface area contributed by atoms with Crippen LogP contribution in [0.4, 0.5) is 4.39 Å². The van der Waals surface area contributed by atoms with Gasteiger partial charge in [-0.05, 0) is 36.8 Å². The number of benzene rings is 2. The summed E-state index contributed by atoms with van der Waals surface area (Å²) in [6.45, 7) is 2.20. The van der Waals surface area contributed by atoms with E-state index < -0.39 is 23.0 Å². The Labute approximate surface area is 179 Å². The van der Waals surface area contributed by atoms with Crippen molar-refractivity contribution in [3.8, 4) is 17.2 Å². The standard InChI is InChI=1S/C21H17FN6O4/c1-12-3-5-13(6-4-12)11-23-18(29)19-24-17(26-32-19)16-20(30)27(2)21(31)28(25-16)15-9-7-14(22)8-10-15/h3-10H,11H2,1-2H3,(H,23,29). The molecule has 0 fully saturated rings. The molecule has 10 nitrogen and oxygen atoms in total. The van der Waals surface area contributed by atoms with Crippen LogP contribution in [-0.2, 0) is 13.6 Å². The second-order valence-electron chi connectivity index (χ2n) is 6.97. The van der Waals surface area contributed by atoms with Gasteiger partial charge in [-0.1, -0.05) is 35.0 Å². The molecule has 2 aromatic carbocycles. The van der Waals surface area contributed by atoms with E-state index in [9.17, 15) is 18.8 Å². The molecule has 1 amide bonds. The highest BCUT2D eigenvalue weighted by atomic mass is 19.1. The highest BCUT2D eigenvalue weighted by molar-refractivity contribution is 5.89. The molecule has 0 unspecified atom stereocenters. The van der Waals surface area contributed by atoms with Crippen molar-refractivity contribution in [3.05, 3.63) is 92.2 Å². The van der Waals surface area contributed by atoms with E-state index in [-0.39, 0.29) is 29.6 Å². The van der Waals surface area contributed by atoms with Gasteiger partial charge in [-0.3, -0.25) is 14.2 Å². The number of amides is 1. The molecule has 0 aliphatic rings. The number of rotatable bonds is 5. The van der Waals surface area contributed by atoms with Crippen LogP contribution in [0.5, 0.6) is 0 Å². The van der Waals surface area contributed by atoms with Gasteiger partial charge in [0.25, 0.3) is 5.56 Å². The third-order valence-corrected chi connectivity index (χ3v) is 4.65. The molecule has 0 radical (unpaired) electrons. The summed E-state index contributed by atoms with van der Waals surface area (Å²) in [5.41, 5.74) is 0.375. The van der Waals surface area contributed by atoms with Crippen molar-refractivity contribution in [1.82, 2.24) is 29.8 Å². The number of hydrogen-bond acceptors (Lipinski definition) is 7. The number of carbonyl (C=O) groups is 1. The van der Waals surface area contributed by atoms with Gasteiger partial charge in [-0.2, -0.15) is 14.8 Å². The SMILES string of the molecule is Cc1ccc(CNC(=O)c2nc(-c3nn(-c4ccc(F)cc4)c(=O)n(C)c3=O)no2)cc1. The minimum atomic E-state index is -0.777. The zero-order valence-corrected chi connectivity index (χ0v) is 17.1. The molecule has 4 aromatic rings. The predicted molar refractivity (Wildman–Crippen MR) is 111 cm³/mol. The third kappa shape index (κ3) is 4.08. The average molecular weight is 436 g/mol. The fraction of sp³-hybridized carbons (Fsp3) is 0.143. The average Bonchev–Trinajstić information content (AvgIpc) is 3.28. The molecule has 2 heterocycles. The van der Waals surface area contributed by atoms with Crippen molar-refractivity contribution in [2.75, 3.05) is 0 Å². The number of nitrogens with one attached hydrogen (secondary N) is 1. The minimum Gasteiger partial charge on any atom is -0.344 e. The quantitative estimate of drug-likeness (QED) is 0.501. The fourth-order valence-corrected chi connectivity index (χ4v) is 2.84. The first-order chi connectivity index (χ1) is 15.3. The molecule has 2 aromatic heterocycles. The van der Waals surface area contributed by atoms with Gasteiger partial charge in [0.2, 0.25) is 5.82 Å². The number of aryl methyl sites for hydroxylation is 1. The summed E-state index contributed by atoms with van der Waals surface area (Å²) in [6.07, 6.45) is 0. The van der Waals surface area contributed by atoms with Gasteiger partial charge in [-0.25, -0.2) is 9.18 Å². The molecule has 0 saturated carbocycles. The summed E-state index contributed by atoms with van der Waals surface area (Å²) in [5, 5.41) is 10.3. The van der Waals surface area contributed by atoms with Crippen LogP contribution in [0.25, 0.3) is 17.2 Å². The van der Waals surface area contributed by atoms with E-state index in [1.807, 2.05) is 31.2 Å². The van der Waals surface area contributed by atoms with E-state index in [1.54, 1.807) is 0 Å². The Bertz CT molecular complexity index is 1400. The van der Waals surface area contributed by atoms with Crippen molar-refractivity contribution in [1.29, 1.82) is 0 Å². The Kier molecular flexibility index (Phi) is 5.46. The fourth-order valence-electron chi connectivity index (χ4n) is 2.84. The number of nitrogens with zero attached hydrogens (tertiary/aromatic N) is 5. The molecule has 0 aliphatic heterocycles. The molecule has 0 aliphatic carbocycles. The number of carbonyl (C=O) groups excluding carboxylic acids is 1. The monoisotopic (exact) mass is 436 g/mol. The lowest BCUT2D eigenvalue weighted by atomic mass is 10.1. The molecule has 4 rings (SSSR count). The largest absolute Gasteiger partial charge is 0.351 e. The van der Waals surface area contributed by atoms with Crippen molar-refractivity contribution >= 4 is 5.91 Å². The molecular weight excluding hydrogens is 419 g/mol. The van der Waals surface area contributed by atoms with Crippen LogP contribution in [0.15, 0.2) is 62.6 Å². The van der Waals surface area contributed by atoms with Crippen LogP contribution in [-0.4, -0.2) is 30.4 Å². The van der Waals surface area contributed by atoms with Crippen LogP contribution in [0, 0.1) is 12.7 Å². The van der Waals surface area contributed by atoms with E-state index in [1.165, 1.54) is 19.2 Å². The smallest absolute Gasteiger partial charge is 0.344 e. The Morgan fingerprint density at radius 3 is 2.47 bits per heavy atom. The summed E-state index contributed by atoms with van der Waals surface area (Å²) >= 11 is 0. The Balaban J connectivity index is 1.62. The van der Waals surface area contributed by atoms with Gasteiger partial charge in [0.15, 0.2) is 5.69 Å². The zero-order valence-electron chi connectivity index (χ0n) is 17.1. The van der Waals surface area contributed by atoms with Crippen LogP contribution >= 0.6 is 0 Å². The lowest BCUT2D eigenvalue weighted by Crippen LogP contribution is -2.40. The molecule has 1 N–H and O–H groups in total. The molecule has 0 bridgehead atoms. The van der Waals surface area contributed by atoms with E-state index in [0.717, 1.165) is 32.5 Å². The van der Waals surface area contributed by atoms with Gasteiger partial charge >= 0.3 is 17.5 Å². The maximum absolute atomic E-state index is 13.2. The van der Waals surface area contributed by atoms with Gasteiger partial charge in [0, 0.05) is 13.6 Å². The first-order valence-electron chi connectivity index (χ1n) is 9.47. The zero-order chi connectivity index (χ0) is 22.8. The first kappa shape index (κ1) is 20.8. The lowest BCUT2D eigenvalue weighted by molar-refractivity contribution is 0.0907. The molecule has 0 saturated heterocycles. The molecule has 32 heavy (non-hydrogen) atoms. The van der Waals surface area contributed by atoms with Gasteiger partial charge in [-0.15, -0.1) is 0 Å². The van der Waals surface area contributed by atoms with Gasteiger partial charge < -0.3 is 9.84 Å². The third-order valence-electron chi connectivity index (χ3n) is 4.65. The van der Waals surface area contributed by atoms with E-state index in [2.05, 4.69) is 20.6 Å². The van der Waals surface area contributed by atoms with Crippen LogP contribution in [0.1, 0.15) is 21.8 Å². The van der Waals surface area contributed by atoms with E-state index in [0.29, 0.717) is 0 Å². The van der Waals surface area contributed by atoms with Crippen molar-refractivity contribution in [2.45, 2.75) is 13.5 Å². The summed E-state index contributed by atoms with van der Waals surface area (Å²) in [7, 11) is 1.26.